The molecule has 6 heteroatoms. The molecule has 104 valence electrons. The van der Waals surface area contributed by atoms with Gasteiger partial charge in [-0.3, -0.25) is 14.7 Å². The van der Waals surface area contributed by atoms with E-state index in [-0.39, 0.29) is 11.9 Å². The Bertz CT molecular complexity index is 440. The van der Waals surface area contributed by atoms with E-state index >= 15 is 0 Å². The third-order valence-corrected chi connectivity index (χ3v) is 3.59. The number of nitrogens with zero attached hydrogens (tertiary/aromatic N) is 2. The molecule has 2 N–H and O–H groups in total. The van der Waals surface area contributed by atoms with Gasteiger partial charge in [-0.25, -0.2) is 0 Å². The second kappa shape index (κ2) is 6.98. The van der Waals surface area contributed by atoms with Gasteiger partial charge in [0, 0.05) is 49.6 Å². The van der Waals surface area contributed by atoms with E-state index in [1.807, 2.05) is 19.2 Å². The quantitative estimate of drug-likeness (QED) is 0.857. The first-order valence-corrected chi connectivity index (χ1v) is 7.32. The first kappa shape index (κ1) is 14.4. The van der Waals surface area contributed by atoms with Crippen molar-refractivity contribution in [2.45, 2.75) is 19.5 Å². The Morgan fingerprint density at radius 2 is 2.47 bits per heavy atom. The van der Waals surface area contributed by atoms with Crippen LogP contribution in [0.5, 0.6) is 0 Å². The van der Waals surface area contributed by atoms with E-state index < -0.39 is 0 Å². The van der Waals surface area contributed by atoms with Gasteiger partial charge in [0.2, 0.25) is 5.91 Å². The number of nitrogens with one attached hydrogen (secondary N) is 2. The fourth-order valence-corrected chi connectivity index (χ4v) is 2.68. The van der Waals surface area contributed by atoms with Crippen LogP contribution in [0.2, 0.25) is 0 Å². The lowest BCUT2D eigenvalue weighted by Gasteiger charge is -2.35. The fraction of sp³-hybridized carbons (Fsp3) is 0.538. The van der Waals surface area contributed by atoms with Crippen LogP contribution in [0.3, 0.4) is 0 Å². The summed E-state index contributed by atoms with van der Waals surface area (Å²) >= 11 is 3.42. The SMILES string of the molecule is CCNC(=O)C1CNCCN1Cc1cncc(Br)c1. The molecule has 1 saturated heterocycles. The monoisotopic (exact) mass is 326 g/mol. The maximum atomic E-state index is 12.0. The molecule has 0 saturated carbocycles. The van der Waals surface area contributed by atoms with Crippen molar-refractivity contribution in [3.8, 4) is 0 Å². The van der Waals surface area contributed by atoms with Crippen molar-refractivity contribution >= 4 is 21.8 Å². The van der Waals surface area contributed by atoms with Crippen LogP contribution in [0.25, 0.3) is 0 Å². The van der Waals surface area contributed by atoms with Gasteiger partial charge in [0.15, 0.2) is 0 Å². The van der Waals surface area contributed by atoms with Crippen LogP contribution in [0.4, 0.5) is 0 Å². The van der Waals surface area contributed by atoms with Crippen LogP contribution >= 0.6 is 15.9 Å². The Balaban J connectivity index is 2.05. The predicted molar refractivity (Wildman–Crippen MR) is 77.7 cm³/mol. The summed E-state index contributed by atoms with van der Waals surface area (Å²) in [7, 11) is 0. The number of carbonyl (C=O) groups excluding carboxylic acids is 1. The topological polar surface area (TPSA) is 57.3 Å². The van der Waals surface area contributed by atoms with E-state index in [1.165, 1.54) is 0 Å². The lowest BCUT2D eigenvalue weighted by Crippen LogP contribution is -2.57. The van der Waals surface area contributed by atoms with Gasteiger partial charge in [0.1, 0.15) is 6.04 Å². The smallest absolute Gasteiger partial charge is 0.238 e. The Kier molecular flexibility index (Phi) is 5.30. The largest absolute Gasteiger partial charge is 0.355 e. The minimum atomic E-state index is -0.104. The Morgan fingerprint density at radius 3 is 3.21 bits per heavy atom. The van der Waals surface area contributed by atoms with Gasteiger partial charge in [0.25, 0.3) is 0 Å². The molecule has 1 aromatic heterocycles. The summed E-state index contributed by atoms with van der Waals surface area (Å²) in [5.74, 6) is 0.0951. The number of piperazine rings is 1. The summed E-state index contributed by atoms with van der Waals surface area (Å²) in [4.78, 5) is 18.4. The Morgan fingerprint density at radius 1 is 1.63 bits per heavy atom. The molecule has 1 amide bonds. The number of aromatic nitrogens is 1. The number of rotatable bonds is 4. The molecule has 0 spiro atoms. The minimum Gasteiger partial charge on any atom is -0.355 e. The standard InChI is InChI=1S/C13H19BrN4O/c1-2-17-13(19)12-8-15-3-4-18(12)9-10-5-11(14)7-16-6-10/h5-7,12,15H,2-4,8-9H2,1H3,(H,17,19). The number of pyridine rings is 1. The van der Waals surface area contributed by atoms with Crippen LogP contribution in [0.15, 0.2) is 22.9 Å². The molecule has 1 unspecified atom stereocenters. The molecule has 1 fully saturated rings. The lowest BCUT2D eigenvalue weighted by molar-refractivity contribution is -0.127. The number of hydrogen-bond acceptors (Lipinski definition) is 4. The molecule has 2 rings (SSSR count). The van der Waals surface area contributed by atoms with Gasteiger partial charge >= 0.3 is 0 Å². The van der Waals surface area contributed by atoms with Crippen molar-refractivity contribution in [3.63, 3.8) is 0 Å². The number of halogens is 1. The van der Waals surface area contributed by atoms with E-state index in [0.717, 1.165) is 29.7 Å². The van der Waals surface area contributed by atoms with Gasteiger partial charge < -0.3 is 10.6 Å². The van der Waals surface area contributed by atoms with Crippen molar-refractivity contribution in [2.24, 2.45) is 0 Å². The second-order valence-corrected chi connectivity index (χ2v) is 5.51. The number of likely N-dealkylation sites (N-methyl/N-ethyl adjacent to an activating group) is 1. The number of amides is 1. The van der Waals surface area contributed by atoms with Crippen LogP contribution in [0.1, 0.15) is 12.5 Å². The molecule has 1 aliphatic rings. The normalized spacial score (nSPS) is 20.2. The summed E-state index contributed by atoms with van der Waals surface area (Å²) in [5.41, 5.74) is 1.12. The van der Waals surface area contributed by atoms with Crippen molar-refractivity contribution in [1.82, 2.24) is 20.5 Å². The highest BCUT2D eigenvalue weighted by molar-refractivity contribution is 9.10. The van der Waals surface area contributed by atoms with E-state index in [4.69, 9.17) is 0 Å². The second-order valence-electron chi connectivity index (χ2n) is 4.60. The highest BCUT2D eigenvalue weighted by Crippen LogP contribution is 2.14. The first-order chi connectivity index (χ1) is 9.20. The summed E-state index contributed by atoms with van der Waals surface area (Å²) in [6, 6.07) is 1.94. The first-order valence-electron chi connectivity index (χ1n) is 6.52. The van der Waals surface area contributed by atoms with Crippen molar-refractivity contribution in [3.05, 3.63) is 28.5 Å². The molecule has 0 bridgehead atoms. The van der Waals surface area contributed by atoms with Gasteiger partial charge in [-0.05, 0) is 34.5 Å². The molecule has 5 nitrogen and oxygen atoms in total. The Hall–Kier alpha value is -0.980. The summed E-state index contributed by atoms with van der Waals surface area (Å²) < 4.78 is 0.967. The molecule has 1 atom stereocenters. The van der Waals surface area contributed by atoms with Gasteiger partial charge in [-0.1, -0.05) is 0 Å². The van der Waals surface area contributed by atoms with Gasteiger partial charge in [-0.2, -0.15) is 0 Å². The van der Waals surface area contributed by atoms with Crippen LogP contribution in [0, 0.1) is 0 Å². The van der Waals surface area contributed by atoms with E-state index in [2.05, 4.69) is 36.4 Å². The molecular formula is C13H19BrN4O. The third kappa shape index (κ3) is 3.99. The Labute approximate surface area is 121 Å². The molecule has 0 radical (unpaired) electrons. The number of hydrogen-bond donors (Lipinski definition) is 2. The molecule has 1 aromatic rings. The summed E-state index contributed by atoms with van der Waals surface area (Å²) in [5, 5.41) is 6.17. The molecule has 2 heterocycles. The predicted octanol–water partition coefficient (Wildman–Crippen LogP) is 0.754. The highest BCUT2D eigenvalue weighted by atomic mass is 79.9. The average Bonchev–Trinajstić information content (AvgIpc) is 2.39. The maximum Gasteiger partial charge on any atom is 0.238 e. The summed E-state index contributed by atoms with van der Waals surface area (Å²) in [6.45, 7) is 5.84. The molecule has 1 aliphatic heterocycles. The van der Waals surface area contributed by atoms with Crippen LogP contribution < -0.4 is 10.6 Å². The highest BCUT2D eigenvalue weighted by Gasteiger charge is 2.28. The maximum absolute atomic E-state index is 12.0. The third-order valence-electron chi connectivity index (χ3n) is 3.16. The zero-order valence-corrected chi connectivity index (χ0v) is 12.6. The van der Waals surface area contributed by atoms with Gasteiger partial charge in [-0.15, -0.1) is 0 Å². The average molecular weight is 327 g/mol. The molecule has 0 aliphatic carbocycles. The molecule has 0 aromatic carbocycles. The van der Waals surface area contributed by atoms with Crippen LogP contribution in [-0.4, -0.2) is 48.0 Å². The lowest BCUT2D eigenvalue weighted by atomic mass is 10.1. The van der Waals surface area contributed by atoms with E-state index in [0.29, 0.717) is 13.1 Å². The fourth-order valence-electron chi connectivity index (χ4n) is 2.26. The molecular weight excluding hydrogens is 308 g/mol. The van der Waals surface area contributed by atoms with Crippen molar-refractivity contribution in [2.75, 3.05) is 26.2 Å². The molecule has 19 heavy (non-hydrogen) atoms. The van der Waals surface area contributed by atoms with E-state index in [9.17, 15) is 4.79 Å². The van der Waals surface area contributed by atoms with Crippen molar-refractivity contribution < 1.29 is 4.79 Å². The van der Waals surface area contributed by atoms with E-state index in [1.54, 1.807) is 6.20 Å². The van der Waals surface area contributed by atoms with Crippen molar-refractivity contribution in [1.29, 1.82) is 0 Å². The van der Waals surface area contributed by atoms with Crippen LogP contribution in [-0.2, 0) is 11.3 Å². The summed E-state index contributed by atoms with van der Waals surface area (Å²) in [6.07, 6.45) is 3.62. The number of carbonyl (C=O) groups is 1. The minimum absolute atomic E-state index is 0.0951. The van der Waals surface area contributed by atoms with Gasteiger partial charge in [0.05, 0.1) is 0 Å². The zero-order chi connectivity index (χ0) is 13.7. The zero-order valence-electron chi connectivity index (χ0n) is 11.0.